The Bertz CT molecular complexity index is 2420. The zero-order chi connectivity index (χ0) is 28.3. The summed E-state index contributed by atoms with van der Waals surface area (Å²) >= 11 is 1.88. The van der Waals surface area contributed by atoms with E-state index in [1.165, 1.54) is 85.9 Å². The van der Waals surface area contributed by atoms with E-state index >= 15 is 0 Å². The van der Waals surface area contributed by atoms with E-state index in [9.17, 15) is 0 Å². The van der Waals surface area contributed by atoms with E-state index in [0.717, 1.165) is 0 Å². The third-order valence-electron chi connectivity index (χ3n) is 8.86. The number of hydrogen-bond donors (Lipinski definition) is 0. The lowest BCUT2D eigenvalue weighted by Crippen LogP contribution is -1.90. The van der Waals surface area contributed by atoms with Gasteiger partial charge in [0.1, 0.15) is 0 Å². The number of fused-ring (bicyclic) bond motifs is 6. The smallest absolute Gasteiger partial charge is 0.0362 e. The monoisotopic (exact) mass is 562 g/mol. The third-order valence-corrected chi connectivity index (χ3v) is 9.99. The van der Waals surface area contributed by atoms with Crippen LogP contribution in [-0.4, -0.2) is 0 Å². The fourth-order valence-electron chi connectivity index (χ4n) is 6.92. The van der Waals surface area contributed by atoms with Crippen molar-refractivity contribution in [3.63, 3.8) is 0 Å². The Kier molecular flexibility index (Phi) is 5.47. The van der Waals surface area contributed by atoms with Gasteiger partial charge in [0.2, 0.25) is 0 Å². The maximum absolute atomic E-state index is 2.39. The molecule has 0 saturated carbocycles. The molecule has 9 rings (SSSR count). The van der Waals surface area contributed by atoms with Crippen LogP contribution in [0.15, 0.2) is 158 Å². The Morgan fingerprint density at radius 1 is 0.302 bits per heavy atom. The highest BCUT2D eigenvalue weighted by molar-refractivity contribution is 7.25. The molecule has 0 fully saturated rings. The molecule has 1 heterocycles. The number of rotatable bonds is 3. The minimum absolute atomic E-state index is 1.24. The fourth-order valence-corrected chi connectivity index (χ4v) is 8.05. The zero-order valence-electron chi connectivity index (χ0n) is 23.4. The molecule has 8 aromatic carbocycles. The second kappa shape index (κ2) is 9.66. The predicted molar refractivity (Wildman–Crippen MR) is 188 cm³/mol. The lowest BCUT2D eigenvalue weighted by molar-refractivity contribution is 1.63. The first kappa shape index (κ1) is 24.4. The first-order valence-corrected chi connectivity index (χ1v) is 15.6. The van der Waals surface area contributed by atoms with E-state index in [2.05, 4.69) is 158 Å². The van der Waals surface area contributed by atoms with Crippen molar-refractivity contribution in [1.82, 2.24) is 0 Å². The van der Waals surface area contributed by atoms with Gasteiger partial charge in [0, 0.05) is 20.2 Å². The molecule has 0 N–H and O–H groups in total. The summed E-state index contributed by atoms with van der Waals surface area (Å²) in [5.74, 6) is 0. The number of hydrogen-bond acceptors (Lipinski definition) is 1. The molecule has 0 unspecified atom stereocenters. The Morgan fingerprint density at radius 3 is 1.49 bits per heavy atom. The van der Waals surface area contributed by atoms with Crippen molar-refractivity contribution >= 4 is 63.8 Å². The van der Waals surface area contributed by atoms with Crippen molar-refractivity contribution < 1.29 is 0 Å². The van der Waals surface area contributed by atoms with Gasteiger partial charge in [-0.1, -0.05) is 140 Å². The van der Waals surface area contributed by atoms with E-state index in [0.29, 0.717) is 0 Å². The van der Waals surface area contributed by atoms with Crippen LogP contribution in [0, 0.1) is 0 Å². The van der Waals surface area contributed by atoms with E-state index in [4.69, 9.17) is 0 Å². The highest BCUT2D eigenvalue weighted by Crippen LogP contribution is 2.44. The summed E-state index contributed by atoms with van der Waals surface area (Å²) in [5, 5.41) is 10.4. The van der Waals surface area contributed by atoms with Gasteiger partial charge in [-0.15, -0.1) is 11.3 Å². The molecule has 0 amide bonds. The Balaban J connectivity index is 1.23. The van der Waals surface area contributed by atoms with Crippen LogP contribution in [-0.2, 0) is 0 Å². The predicted octanol–water partition coefficient (Wildman–Crippen LogP) is 12.5. The van der Waals surface area contributed by atoms with E-state index in [-0.39, 0.29) is 0 Å². The van der Waals surface area contributed by atoms with Crippen LogP contribution in [0.3, 0.4) is 0 Å². The lowest BCUT2D eigenvalue weighted by Gasteiger charge is -2.18. The maximum atomic E-state index is 2.39. The molecule has 0 aliphatic carbocycles. The van der Waals surface area contributed by atoms with Crippen LogP contribution in [0.5, 0.6) is 0 Å². The van der Waals surface area contributed by atoms with Crippen LogP contribution < -0.4 is 0 Å². The molecule has 43 heavy (non-hydrogen) atoms. The molecule has 200 valence electrons. The van der Waals surface area contributed by atoms with Crippen molar-refractivity contribution in [2.75, 3.05) is 0 Å². The summed E-state index contributed by atoms with van der Waals surface area (Å²) in [4.78, 5) is 0. The summed E-state index contributed by atoms with van der Waals surface area (Å²) < 4.78 is 2.69. The molecule has 0 aliphatic rings. The second-order valence-electron chi connectivity index (χ2n) is 11.3. The van der Waals surface area contributed by atoms with Gasteiger partial charge in [-0.25, -0.2) is 0 Å². The molecule has 0 saturated heterocycles. The van der Waals surface area contributed by atoms with Crippen LogP contribution in [0.2, 0.25) is 0 Å². The van der Waals surface area contributed by atoms with Gasteiger partial charge in [-0.3, -0.25) is 0 Å². The molecular formula is C42H26S. The molecule has 0 bridgehead atoms. The Labute approximate surface area is 254 Å². The summed E-state index contributed by atoms with van der Waals surface area (Å²) in [6.07, 6.45) is 0. The zero-order valence-corrected chi connectivity index (χ0v) is 24.2. The van der Waals surface area contributed by atoms with Crippen molar-refractivity contribution in [1.29, 1.82) is 0 Å². The Morgan fingerprint density at radius 2 is 0.837 bits per heavy atom. The van der Waals surface area contributed by atoms with Gasteiger partial charge in [0.15, 0.2) is 0 Å². The lowest BCUT2D eigenvalue weighted by atomic mass is 9.85. The van der Waals surface area contributed by atoms with Crippen molar-refractivity contribution in [2.45, 2.75) is 0 Å². The molecule has 0 radical (unpaired) electrons. The van der Waals surface area contributed by atoms with Crippen LogP contribution in [0.1, 0.15) is 0 Å². The van der Waals surface area contributed by atoms with E-state index < -0.39 is 0 Å². The normalized spacial score (nSPS) is 11.7. The quantitative estimate of drug-likeness (QED) is 0.188. The summed E-state index contributed by atoms with van der Waals surface area (Å²) in [6.45, 7) is 0. The van der Waals surface area contributed by atoms with Crippen LogP contribution in [0.25, 0.3) is 85.9 Å². The third kappa shape index (κ3) is 3.82. The Hall–Kier alpha value is -5.24. The average molecular weight is 563 g/mol. The molecule has 0 nitrogen and oxygen atoms in total. The van der Waals surface area contributed by atoms with E-state index in [1.807, 2.05) is 11.3 Å². The summed E-state index contributed by atoms with van der Waals surface area (Å²) in [5.41, 5.74) is 7.60. The second-order valence-corrected chi connectivity index (χ2v) is 12.3. The minimum atomic E-state index is 1.24. The molecule has 1 heteroatoms. The van der Waals surface area contributed by atoms with E-state index in [1.54, 1.807) is 0 Å². The first-order chi connectivity index (χ1) is 21.3. The largest absolute Gasteiger partial charge is 0.135 e. The first-order valence-electron chi connectivity index (χ1n) is 14.8. The number of thiophene rings is 1. The minimum Gasteiger partial charge on any atom is -0.135 e. The van der Waals surface area contributed by atoms with Crippen LogP contribution in [0.4, 0.5) is 0 Å². The molecule has 1 aromatic heterocycles. The van der Waals surface area contributed by atoms with Gasteiger partial charge in [-0.2, -0.15) is 0 Å². The van der Waals surface area contributed by atoms with Gasteiger partial charge >= 0.3 is 0 Å². The molecular weight excluding hydrogens is 537 g/mol. The molecule has 0 aliphatic heterocycles. The highest BCUT2D eigenvalue weighted by Gasteiger charge is 2.17. The number of benzene rings is 8. The average Bonchev–Trinajstić information content (AvgIpc) is 3.44. The molecule has 0 atom stereocenters. The summed E-state index contributed by atoms with van der Waals surface area (Å²) in [7, 11) is 0. The van der Waals surface area contributed by atoms with Crippen molar-refractivity contribution in [3.8, 4) is 33.4 Å². The fraction of sp³-hybridized carbons (Fsp3) is 0. The summed E-state index contributed by atoms with van der Waals surface area (Å²) in [6, 6.07) is 57.9. The van der Waals surface area contributed by atoms with Gasteiger partial charge in [0.25, 0.3) is 0 Å². The van der Waals surface area contributed by atoms with Crippen LogP contribution >= 0.6 is 11.3 Å². The standard InChI is InChI=1S/C42H26S/c1-2-11-28(12-3-1)41-33-15-4-6-17-35(33)42(36-18-7-5-16-34(36)41)29-23-21-27(22-24-29)31-19-10-13-30-25-38-32-14-8-9-20-39(32)43-40(38)26-37(30)31/h1-26H. The topological polar surface area (TPSA) is 0 Å². The van der Waals surface area contributed by atoms with Crippen molar-refractivity contribution in [2.24, 2.45) is 0 Å². The van der Waals surface area contributed by atoms with Crippen molar-refractivity contribution in [3.05, 3.63) is 158 Å². The molecule has 0 spiro atoms. The van der Waals surface area contributed by atoms with Gasteiger partial charge in [-0.05, 0) is 83.9 Å². The molecule has 9 aromatic rings. The SMILES string of the molecule is c1ccc(-c2c3ccccc3c(-c3ccc(-c4cccc5cc6c(cc45)sc4ccccc46)cc3)c3ccccc23)cc1. The van der Waals surface area contributed by atoms with Gasteiger partial charge < -0.3 is 0 Å². The van der Waals surface area contributed by atoms with Gasteiger partial charge in [0.05, 0.1) is 0 Å². The maximum Gasteiger partial charge on any atom is 0.0362 e. The highest BCUT2D eigenvalue weighted by atomic mass is 32.1.